The molecular formula is C24H24ClFN4O. The molecule has 1 aliphatic heterocycles. The van der Waals surface area contributed by atoms with Gasteiger partial charge >= 0.3 is 0 Å². The highest BCUT2D eigenvalue weighted by molar-refractivity contribution is 6.31. The molecule has 2 heterocycles. The zero-order valence-electron chi connectivity index (χ0n) is 17.3. The van der Waals surface area contributed by atoms with Gasteiger partial charge in [0.25, 0.3) is 0 Å². The number of halogens is 2. The molecule has 0 spiro atoms. The fourth-order valence-electron chi connectivity index (χ4n) is 3.71. The Morgan fingerprint density at radius 2 is 1.90 bits per heavy atom. The fourth-order valence-corrected chi connectivity index (χ4v) is 3.94. The van der Waals surface area contributed by atoms with Crippen LogP contribution in [0.25, 0.3) is 11.3 Å². The van der Waals surface area contributed by atoms with Crippen LogP contribution in [0.15, 0.2) is 54.6 Å². The van der Waals surface area contributed by atoms with Crippen molar-refractivity contribution in [3.05, 3.63) is 71.0 Å². The molecule has 7 heteroatoms. The summed E-state index contributed by atoms with van der Waals surface area (Å²) in [6.07, 6.45) is 2.20. The van der Waals surface area contributed by atoms with Crippen LogP contribution in [0, 0.1) is 11.7 Å². The van der Waals surface area contributed by atoms with E-state index in [-0.39, 0.29) is 22.9 Å². The van der Waals surface area contributed by atoms with Gasteiger partial charge in [0.15, 0.2) is 5.82 Å². The Morgan fingerprint density at radius 3 is 2.61 bits per heavy atom. The van der Waals surface area contributed by atoms with Crippen LogP contribution in [-0.2, 0) is 11.2 Å². The zero-order valence-corrected chi connectivity index (χ0v) is 18.1. The average Bonchev–Trinajstić information content (AvgIpc) is 2.77. The summed E-state index contributed by atoms with van der Waals surface area (Å²) in [5.41, 5.74) is 2.35. The summed E-state index contributed by atoms with van der Waals surface area (Å²) >= 11 is 6.02. The first kappa shape index (κ1) is 21.2. The molecule has 0 aliphatic carbocycles. The van der Waals surface area contributed by atoms with E-state index in [1.54, 1.807) is 12.1 Å². The van der Waals surface area contributed by atoms with Crippen molar-refractivity contribution in [3.63, 3.8) is 0 Å². The van der Waals surface area contributed by atoms with E-state index in [2.05, 4.69) is 27.3 Å². The highest BCUT2D eigenvalue weighted by Gasteiger charge is 2.17. The maximum absolute atomic E-state index is 13.9. The van der Waals surface area contributed by atoms with Gasteiger partial charge < -0.3 is 10.2 Å². The van der Waals surface area contributed by atoms with Gasteiger partial charge in [0, 0.05) is 34.9 Å². The number of aromatic nitrogens is 2. The number of carbonyl (C=O) groups is 1. The van der Waals surface area contributed by atoms with Crippen molar-refractivity contribution in [1.82, 2.24) is 10.2 Å². The second-order valence-corrected chi connectivity index (χ2v) is 8.36. The number of nitrogens with zero attached hydrogens (tertiary/aromatic N) is 3. The van der Waals surface area contributed by atoms with E-state index in [9.17, 15) is 9.18 Å². The third kappa shape index (κ3) is 5.20. The molecule has 1 saturated heterocycles. The third-order valence-corrected chi connectivity index (χ3v) is 5.95. The predicted octanol–water partition coefficient (Wildman–Crippen LogP) is 5.35. The minimum absolute atomic E-state index is 0.140. The van der Waals surface area contributed by atoms with E-state index >= 15 is 0 Å². The van der Waals surface area contributed by atoms with Crippen LogP contribution in [0.4, 0.5) is 15.9 Å². The molecule has 1 aromatic heterocycles. The minimum atomic E-state index is -0.491. The maximum Gasteiger partial charge on any atom is 0.228 e. The van der Waals surface area contributed by atoms with Crippen LogP contribution in [0.2, 0.25) is 5.02 Å². The highest BCUT2D eigenvalue weighted by atomic mass is 35.5. The second kappa shape index (κ2) is 9.43. The van der Waals surface area contributed by atoms with Crippen LogP contribution in [-0.4, -0.2) is 29.2 Å². The fraction of sp³-hybridized carbons (Fsp3) is 0.292. The predicted molar refractivity (Wildman–Crippen MR) is 122 cm³/mol. The van der Waals surface area contributed by atoms with Gasteiger partial charge in [-0.25, -0.2) is 4.39 Å². The summed E-state index contributed by atoms with van der Waals surface area (Å²) in [5.74, 6) is 0.817. The first-order valence-electron chi connectivity index (χ1n) is 10.4. The van der Waals surface area contributed by atoms with E-state index in [0.717, 1.165) is 36.1 Å². The summed E-state index contributed by atoms with van der Waals surface area (Å²) in [6, 6.07) is 15.7. The normalized spacial score (nSPS) is 14.5. The van der Waals surface area contributed by atoms with Gasteiger partial charge in [-0.05, 0) is 55.2 Å². The summed E-state index contributed by atoms with van der Waals surface area (Å²) in [7, 11) is 0. The van der Waals surface area contributed by atoms with Crippen LogP contribution < -0.4 is 10.2 Å². The Hall–Kier alpha value is -2.99. The van der Waals surface area contributed by atoms with E-state index in [0.29, 0.717) is 5.69 Å². The lowest BCUT2D eigenvalue weighted by atomic mass is 9.99. The van der Waals surface area contributed by atoms with Crippen LogP contribution in [0.5, 0.6) is 0 Å². The molecule has 0 bridgehead atoms. The quantitative estimate of drug-likeness (QED) is 0.583. The Balaban J connectivity index is 1.44. The lowest BCUT2D eigenvalue weighted by molar-refractivity contribution is -0.115. The smallest absolute Gasteiger partial charge is 0.228 e. The van der Waals surface area contributed by atoms with Crippen molar-refractivity contribution in [2.45, 2.75) is 26.2 Å². The Labute approximate surface area is 186 Å². The SMILES string of the molecule is CC1CCN(c2ccc(-c3cccc(NC(=O)Cc4c(F)cccc4Cl)c3)nn2)CC1. The number of piperidine rings is 1. The van der Waals surface area contributed by atoms with Crippen LogP contribution in [0.1, 0.15) is 25.3 Å². The molecule has 5 nitrogen and oxygen atoms in total. The standard InChI is InChI=1S/C24H24ClFN4O/c1-16-10-12-30(13-11-16)23-9-8-22(28-29-23)17-4-2-5-18(14-17)27-24(31)15-19-20(25)6-3-7-21(19)26/h2-9,14,16H,10-13,15H2,1H3,(H,27,31). The van der Waals surface area contributed by atoms with E-state index in [4.69, 9.17) is 11.6 Å². The number of nitrogens with one attached hydrogen (secondary N) is 1. The minimum Gasteiger partial charge on any atom is -0.355 e. The maximum atomic E-state index is 13.9. The van der Waals surface area contributed by atoms with Crippen LogP contribution >= 0.6 is 11.6 Å². The lowest BCUT2D eigenvalue weighted by Crippen LogP contribution is -2.33. The number of rotatable bonds is 5. The lowest BCUT2D eigenvalue weighted by Gasteiger charge is -2.30. The number of amides is 1. The summed E-state index contributed by atoms with van der Waals surface area (Å²) in [4.78, 5) is 14.7. The molecule has 1 fully saturated rings. The molecule has 3 aromatic rings. The van der Waals surface area contributed by atoms with Gasteiger partial charge in [-0.15, -0.1) is 10.2 Å². The second-order valence-electron chi connectivity index (χ2n) is 7.95. The average molecular weight is 439 g/mol. The number of hydrogen-bond donors (Lipinski definition) is 1. The summed E-state index contributed by atoms with van der Waals surface area (Å²) < 4.78 is 13.9. The molecule has 1 amide bonds. The van der Waals surface area contributed by atoms with Gasteiger partial charge in [0.05, 0.1) is 12.1 Å². The van der Waals surface area contributed by atoms with Gasteiger partial charge in [-0.2, -0.15) is 0 Å². The molecule has 31 heavy (non-hydrogen) atoms. The molecule has 2 aromatic carbocycles. The van der Waals surface area contributed by atoms with Crippen LogP contribution in [0.3, 0.4) is 0 Å². The number of anilines is 2. The molecule has 0 atom stereocenters. The Bertz CT molecular complexity index is 1050. The van der Waals surface area contributed by atoms with Gasteiger partial charge in [-0.1, -0.05) is 36.7 Å². The molecule has 0 unspecified atom stereocenters. The Morgan fingerprint density at radius 1 is 1.13 bits per heavy atom. The number of hydrogen-bond acceptors (Lipinski definition) is 4. The van der Waals surface area contributed by atoms with Crippen molar-refractivity contribution in [3.8, 4) is 11.3 Å². The molecule has 1 aliphatic rings. The van der Waals surface area contributed by atoms with Gasteiger partial charge in [0.2, 0.25) is 5.91 Å². The van der Waals surface area contributed by atoms with E-state index in [1.807, 2.05) is 30.3 Å². The molecule has 0 saturated carbocycles. The molecule has 4 rings (SSSR count). The highest BCUT2D eigenvalue weighted by Crippen LogP contribution is 2.25. The van der Waals surface area contributed by atoms with Crippen molar-refractivity contribution in [2.24, 2.45) is 5.92 Å². The molecule has 1 N–H and O–H groups in total. The van der Waals surface area contributed by atoms with Crippen molar-refractivity contribution in [1.29, 1.82) is 0 Å². The molecular weight excluding hydrogens is 415 g/mol. The van der Waals surface area contributed by atoms with E-state index in [1.165, 1.54) is 25.0 Å². The number of carbonyl (C=O) groups excluding carboxylic acids is 1. The Kier molecular flexibility index (Phi) is 6.47. The van der Waals surface area contributed by atoms with Crippen molar-refractivity contribution >= 4 is 29.0 Å². The summed E-state index contributed by atoms with van der Waals surface area (Å²) in [6.45, 7) is 4.29. The van der Waals surface area contributed by atoms with E-state index < -0.39 is 5.82 Å². The monoisotopic (exact) mass is 438 g/mol. The molecule has 0 radical (unpaired) electrons. The zero-order chi connectivity index (χ0) is 21.8. The molecule has 160 valence electrons. The number of benzene rings is 2. The summed E-state index contributed by atoms with van der Waals surface area (Å²) in [5, 5.41) is 11.8. The van der Waals surface area contributed by atoms with Crippen molar-refractivity contribution < 1.29 is 9.18 Å². The first-order valence-corrected chi connectivity index (χ1v) is 10.8. The van der Waals surface area contributed by atoms with Crippen molar-refractivity contribution in [2.75, 3.05) is 23.3 Å². The topological polar surface area (TPSA) is 58.1 Å². The largest absolute Gasteiger partial charge is 0.355 e. The third-order valence-electron chi connectivity index (χ3n) is 5.60. The van der Waals surface area contributed by atoms with Gasteiger partial charge in [-0.3, -0.25) is 4.79 Å². The first-order chi connectivity index (χ1) is 15.0. The van der Waals surface area contributed by atoms with Gasteiger partial charge in [0.1, 0.15) is 5.82 Å².